The Morgan fingerprint density at radius 2 is 1.63 bits per heavy atom. The monoisotopic (exact) mass is 664 g/mol. The van der Waals surface area contributed by atoms with E-state index in [-0.39, 0.29) is 29.4 Å². The third-order valence-corrected chi connectivity index (χ3v) is 12.8. The highest BCUT2D eigenvalue weighted by Crippen LogP contribution is 2.42. The predicted octanol–water partition coefficient (Wildman–Crippen LogP) is 7.66. The molecule has 2 aromatic carbocycles. The van der Waals surface area contributed by atoms with Crippen LogP contribution in [0.15, 0.2) is 60.0 Å². The Morgan fingerprint density at radius 3 is 2.20 bits per heavy atom. The van der Waals surface area contributed by atoms with Crippen molar-refractivity contribution in [3.8, 4) is 10.4 Å². The lowest BCUT2D eigenvalue weighted by atomic mass is 9.95. The van der Waals surface area contributed by atoms with Crippen LogP contribution in [0.25, 0.3) is 10.4 Å². The predicted molar refractivity (Wildman–Crippen MR) is 185 cm³/mol. The van der Waals surface area contributed by atoms with Gasteiger partial charge in [0.15, 0.2) is 0 Å². The average Bonchev–Trinajstić information content (AvgIpc) is 3.58. The fourth-order valence-corrected chi connectivity index (χ4v) is 12.1. The van der Waals surface area contributed by atoms with E-state index in [4.69, 9.17) is 4.74 Å². The van der Waals surface area contributed by atoms with Gasteiger partial charge in [-0.2, -0.15) is 0 Å². The molecule has 0 radical (unpaired) electrons. The van der Waals surface area contributed by atoms with Crippen LogP contribution in [0.3, 0.4) is 0 Å². The quantitative estimate of drug-likeness (QED) is 0.192. The SMILES string of the molecule is CC(C)(C)OC(=O)Nc1ccc(-c2cccs2)cc1NC(=O)c1ccc(CNC(=O)[C@@H]2C[Si](C)(C)C(C(C)(C)C)N2C(=O)O)cc1. The van der Waals surface area contributed by atoms with Gasteiger partial charge in [-0.3, -0.25) is 19.8 Å². The first-order valence-corrected chi connectivity index (χ1v) is 19.4. The van der Waals surface area contributed by atoms with E-state index in [1.165, 1.54) is 4.90 Å². The number of amides is 4. The summed E-state index contributed by atoms with van der Waals surface area (Å²) in [5.41, 5.74) is 1.69. The largest absolute Gasteiger partial charge is 0.465 e. The summed E-state index contributed by atoms with van der Waals surface area (Å²) < 4.78 is 5.40. The van der Waals surface area contributed by atoms with Crippen molar-refractivity contribution in [2.75, 3.05) is 10.6 Å². The van der Waals surface area contributed by atoms with Gasteiger partial charge in [-0.15, -0.1) is 11.3 Å². The lowest BCUT2D eigenvalue weighted by Gasteiger charge is -2.40. The fourth-order valence-electron chi connectivity index (χ4n) is 6.36. The molecule has 4 N–H and O–H groups in total. The molecule has 4 rings (SSSR count). The zero-order valence-electron chi connectivity index (χ0n) is 27.7. The number of nitrogens with one attached hydrogen (secondary N) is 3. The minimum absolute atomic E-state index is 0.183. The summed E-state index contributed by atoms with van der Waals surface area (Å²) in [4.78, 5) is 53.8. The molecule has 2 atom stereocenters. The van der Waals surface area contributed by atoms with Crippen molar-refractivity contribution < 1.29 is 29.0 Å². The number of benzene rings is 2. The van der Waals surface area contributed by atoms with Crippen molar-refractivity contribution in [3.05, 3.63) is 71.1 Å². The van der Waals surface area contributed by atoms with Crippen LogP contribution in [-0.2, 0) is 16.1 Å². The van der Waals surface area contributed by atoms with Crippen molar-refractivity contribution in [2.45, 2.75) is 84.5 Å². The maximum atomic E-state index is 13.3. The van der Waals surface area contributed by atoms with Gasteiger partial charge in [-0.05, 0) is 79.1 Å². The van der Waals surface area contributed by atoms with Crippen molar-refractivity contribution in [1.29, 1.82) is 0 Å². The number of carboxylic acid groups (broad SMARTS) is 1. The van der Waals surface area contributed by atoms with E-state index in [0.29, 0.717) is 23.0 Å². The minimum atomic E-state index is -2.05. The molecule has 1 aliphatic heterocycles. The molecule has 246 valence electrons. The summed E-state index contributed by atoms with van der Waals surface area (Å²) in [5, 5.41) is 20.6. The van der Waals surface area contributed by atoms with Crippen LogP contribution in [0.2, 0.25) is 19.1 Å². The van der Waals surface area contributed by atoms with Crippen molar-refractivity contribution in [1.82, 2.24) is 10.2 Å². The average molecular weight is 665 g/mol. The van der Waals surface area contributed by atoms with E-state index in [0.717, 1.165) is 16.0 Å². The third kappa shape index (κ3) is 8.35. The Balaban J connectivity index is 1.45. The molecule has 12 heteroatoms. The number of rotatable bonds is 7. The smallest absolute Gasteiger partial charge is 0.412 e. The van der Waals surface area contributed by atoms with Gasteiger partial charge in [0, 0.05) is 22.7 Å². The van der Waals surface area contributed by atoms with Crippen LogP contribution in [0.4, 0.5) is 21.0 Å². The molecule has 1 fully saturated rings. The van der Waals surface area contributed by atoms with Crippen LogP contribution in [0.1, 0.15) is 57.5 Å². The number of carbonyl (C=O) groups excluding carboxylic acids is 3. The van der Waals surface area contributed by atoms with E-state index in [1.54, 1.807) is 68.5 Å². The van der Waals surface area contributed by atoms with Gasteiger partial charge in [0.2, 0.25) is 5.91 Å². The van der Waals surface area contributed by atoms with Crippen LogP contribution in [0, 0.1) is 5.41 Å². The first-order chi connectivity index (χ1) is 21.4. The first kappa shape index (κ1) is 34.7. The Kier molecular flexibility index (Phi) is 10.0. The number of hydrogen-bond acceptors (Lipinski definition) is 6. The second kappa shape index (κ2) is 13.3. The van der Waals surface area contributed by atoms with Gasteiger partial charge in [0.1, 0.15) is 11.6 Å². The molecular weight excluding hydrogens is 621 g/mol. The molecular formula is C34H44N4O6SSi. The molecule has 1 unspecified atom stereocenters. The number of hydrogen-bond donors (Lipinski definition) is 4. The summed E-state index contributed by atoms with van der Waals surface area (Å²) in [7, 11) is -2.05. The molecule has 0 bridgehead atoms. The molecule has 0 aliphatic carbocycles. The van der Waals surface area contributed by atoms with Gasteiger partial charge >= 0.3 is 12.2 Å². The Labute approximate surface area is 275 Å². The minimum Gasteiger partial charge on any atom is -0.465 e. The molecule has 0 spiro atoms. The summed E-state index contributed by atoms with van der Waals surface area (Å²) in [5.74, 6) is -0.693. The van der Waals surface area contributed by atoms with E-state index >= 15 is 0 Å². The summed E-state index contributed by atoms with van der Waals surface area (Å²) in [6.07, 6.45) is -1.71. The van der Waals surface area contributed by atoms with Crippen molar-refractivity contribution in [2.24, 2.45) is 5.41 Å². The zero-order chi connectivity index (χ0) is 34.0. The van der Waals surface area contributed by atoms with Crippen LogP contribution in [-0.4, -0.2) is 59.4 Å². The van der Waals surface area contributed by atoms with E-state index < -0.39 is 31.9 Å². The topological polar surface area (TPSA) is 137 Å². The van der Waals surface area contributed by atoms with Gasteiger partial charge in [-0.25, -0.2) is 9.59 Å². The zero-order valence-corrected chi connectivity index (χ0v) is 29.5. The van der Waals surface area contributed by atoms with Gasteiger partial charge < -0.3 is 20.5 Å². The molecule has 1 aliphatic rings. The fraction of sp³-hybridized carbons (Fsp3) is 0.412. The van der Waals surface area contributed by atoms with Gasteiger partial charge in [-0.1, -0.05) is 58.1 Å². The lowest BCUT2D eigenvalue weighted by molar-refractivity contribution is -0.125. The van der Waals surface area contributed by atoms with E-state index in [1.807, 2.05) is 44.4 Å². The van der Waals surface area contributed by atoms with Gasteiger partial charge in [0.05, 0.1) is 19.4 Å². The van der Waals surface area contributed by atoms with Crippen LogP contribution in [0.5, 0.6) is 0 Å². The van der Waals surface area contributed by atoms with Crippen molar-refractivity contribution in [3.63, 3.8) is 0 Å². The van der Waals surface area contributed by atoms with Crippen LogP contribution < -0.4 is 16.0 Å². The standard InChI is InChI=1S/C34H44N4O6SSi/c1-33(2,3)30-38(32(42)43)26(20-46(30,7)8)29(40)35-19-21-11-13-22(14-12-21)28(39)36-25-18-23(27-10-9-17-45-27)15-16-24(25)37-31(41)44-34(4,5)6/h9-18,26,30H,19-20H2,1-8H3,(H,35,40)(H,36,39)(H,37,41)(H,42,43)/t26-,30?/m0/s1. The van der Waals surface area contributed by atoms with Gasteiger partial charge in [0.25, 0.3) is 5.91 Å². The highest BCUT2D eigenvalue weighted by atomic mass is 32.1. The number of ether oxygens (including phenoxy) is 1. The first-order valence-electron chi connectivity index (χ1n) is 15.2. The number of thiophene rings is 1. The van der Waals surface area contributed by atoms with E-state index in [9.17, 15) is 24.3 Å². The normalized spacial score (nSPS) is 17.7. The number of anilines is 2. The molecule has 46 heavy (non-hydrogen) atoms. The molecule has 1 aromatic heterocycles. The Morgan fingerprint density at radius 1 is 0.957 bits per heavy atom. The van der Waals surface area contributed by atoms with Crippen LogP contribution >= 0.6 is 11.3 Å². The Hall–Kier alpha value is -4.16. The number of carbonyl (C=O) groups is 4. The lowest BCUT2D eigenvalue weighted by Crippen LogP contribution is -2.56. The summed E-state index contributed by atoms with van der Waals surface area (Å²) in [6.45, 7) is 15.9. The molecule has 3 aromatic rings. The third-order valence-electron chi connectivity index (χ3n) is 7.81. The maximum Gasteiger partial charge on any atom is 0.412 e. The summed E-state index contributed by atoms with van der Waals surface area (Å²) >= 11 is 1.56. The second-order valence-corrected chi connectivity index (χ2v) is 20.3. The Bertz CT molecular complexity index is 1590. The maximum absolute atomic E-state index is 13.3. The number of nitrogens with zero attached hydrogens (tertiary/aromatic N) is 1. The molecule has 0 saturated carbocycles. The summed E-state index contributed by atoms with van der Waals surface area (Å²) in [6, 6.07) is 15.9. The molecule has 10 nitrogen and oxygen atoms in total. The highest BCUT2D eigenvalue weighted by molar-refractivity contribution is 7.13. The molecule has 4 amide bonds. The molecule has 1 saturated heterocycles. The highest BCUT2D eigenvalue weighted by Gasteiger charge is 2.56. The van der Waals surface area contributed by atoms with E-state index in [2.05, 4.69) is 29.0 Å². The van der Waals surface area contributed by atoms with Crippen molar-refractivity contribution >= 4 is 54.8 Å². The molecule has 2 heterocycles. The second-order valence-electron chi connectivity index (χ2n) is 14.4.